The second-order valence-electron chi connectivity index (χ2n) is 5.68. The van der Waals surface area contributed by atoms with Gasteiger partial charge < -0.3 is 5.32 Å². The maximum absolute atomic E-state index is 12.2. The van der Waals surface area contributed by atoms with E-state index in [1.807, 2.05) is 0 Å². The highest BCUT2D eigenvalue weighted by molar-refractivity contribution is 6.35. The molecule has 11 heteroatoms. The van der Waals surface area contributed by atoms with Gasteiger partial charge >= 0.3 is 5.69 Å². The van der Waals surface area contributed by atoms with Gasteiger partial charge in [-0.2, -0.15) is 10.2 Å². The molecule has 0 unspecified atom stereocenters. The summed E-state index contributed by atoms with van der Waals surface area (Å²) in [6.45, 7) is 1.71. The Morgan fingerprint density at radius 1 is 1.30 bits per heavy atom. The summed E-state index contributed by atoms with van der Waals surface area (Å²) in [7, 11) is 0. The van der Waals surface area contributed by atoms with E-state index in [1.54, 1.807) is 35.1 Å². The fourth-order valence-corrected chi connectivity index (χ4v) is 2.97. The fraction of sp³-hybridized carbons (Fsp3) is 0.188. The lowest BCUT2D eigenvalue weighted by Gasteiger charge is -2.07. The molecule has 1 N–H and O–H groups in total. The third kappa shape index (κ3) is 4.26. The Bertz CT molecular complexity index is 993. The predicted molar refractivity (Wildman–Crippen MR) is 100 cm³/mol. The molecule has 0 aliphatic rings. The Morgan fingerprint density at radius 2 is 2.00 bits per heavy atom. The van der Waals surface area contributed by atoms with Crippen molar-refractivity contribution < 1.29 is 9.72 Å². The highest BCUT2D eigenvalue weighted by Gasteiger charge is 2.18. The van der Waals surface area contributed by atoms with Crippen LogP contribution in [0.4, 0.5) is 11.5 Å². The van der Waals surface area contributed by atoms with Gasteiger partial charge in [-0.3, -0.25) is 24.3 Å². The number of hydrogen-bond acceptors (Lipinski definition) is 5. The standard InChI is InChI=1S/C16H14Cl2N6O3/c1-10-14(24(26)27)7-19-23(10)9-16(25)20-15-5-6-22(21-15)8-11-12(17)3-2-4-13(11)18/h2-7H,8-9H2,1H3,(H,20,21,25). The minimum absolute atomic E-state index is 0.135. The summed E-state index contributed by atoms with van der Waals surface area (Å²) in [6, 6.07) is 6.85. The molecule has 0 saturated heterocycles. The Morgan fingerprint density at radius 3 is 2.63 bits per heavy atom. The molecule has 140 valence electrons. The van der Waals surface area contributed by atoms with Crippen LogP contribution in [0.3, 0.4) is 0 Å². The molecule has 0 atom stereocenters. The van der Waals surface area contributed by atoms with Crippen LogP contribution in [-0.4, -0.2) is 30.4 Å². The van der Waals surface area contributed by atoms with Crippen molar-refractivity contribution in [3.05, 3.63) is 68.1 Å². The van der Waals surface area contributed by atoms with Crippen molar-refractivity contribution >= 4 is 40.6 Å². The number of benzene rings is 1. The van der Waals surface area contributed by atoms with Gasteiger partial charge in [-0.1, -0.05) is 29.3 Å². The molecule has 1 amide bonds. The quantitative estimate of drug-likeness (QED) is 0.497. The summed E-state index contributed by atoms with van der Waals surface area (Å²) in [6.07, 6.45) is 2.80. The van der Waals surface area contributed by atoms with Gasteiger partial charge in [-0.15, -0.1) is 0 Å². The maximum atomic E-state index is 12.2. The van der Waals surface area contributed by atoms with Crippen LogP contribution in [0, 0.1) is 17.0 Å². The average molecular weight is 409 g/mol. The molecule has 9 nitrogen and oxygen atoms in total. The van der Waals surface area contributed by atoms with Crippen LogP contribution in [0.2, 0.25) is 10.0 Å². The van der Waals surface area contributed by atoms with Crippen LogP contribution in [0.1, 0.15) is 11.3 Å². The van der Waals surface area contributed by atoms with Gasteiger partial charge in [-0.25, -0.2) is 0 Å². The molecule has 2 heterocycles. The summed E-state index contributed by atoms with van der Waals surface area (Å²) in [5, 5.41) is 22.6. The minimum atomic E-state index is -0.543. The van der Waals surface area contributed by atoms with Crippen LogP contribution < -0.4 is 5.32 Å². The van der Waals surface area contributed by atoms with E-state index < -0.39 is 10.8 Å². The number of anilines is 1. The number of rotatable bonds is 6. The molecule has 0 fully saturated rings. The monoisotopic (exact) mass is 408 g/mol. The summed E-state index contributed by atoms with van der Waals surface area (Å²) in [5.41, 5.74) is 0.888. The van der Waals surface area contributed by atoms with Crippen molar-refractivity contribution in [2.75, 3.05) is 5.32 Å². The van der Waals surface area contributed by atoms with Crippen LogP contribution in [0.5, 0.6) is 0 Å². The molecule has 0 bridgehead atoms. The topological polar surface area (TPSA) is 108 Å². The number of nitrogens with zero attached hydrogens (tertiary/aromatic N) is 5. The molecule has 1 aromatic carbocycles. The number of carbonyl (C=O) groups is 1. The highest BCUT2D eigenvalue weighted by Crippen LogP contribution is 2.25. The van der Waals surface area contributed by atoms with Crippen molar-refractivity contribution in [1.29, 1.82) is 0 Å². The number of aromatic nitrogens is 4. The van der Waals surface area contributed by atoms with Crippen LogP contribution in [0.15, 0.2) is 36.7 Å². The van der Waals surface area contributed by atoms with E-state index in [-0.39, 0.29) is 12.2 Å². The Kier molecular flexibility index (Phi) is 5.43. The first-order chi connectivity index (χ1) is 12.8. The van der Waals surface area contributed by atoms with E-state index in [0.29, 0.717) is 28.1 Å². The van der Waals surface area contributed by atoms with Crippen LogP contribution in [-0.2, 0) is 17.9 Å². The summed E-state index contributed by atoms with van der Waals surface area (Å²) in [4.78, 5) is 22.4. The third-order valence-electron chi connectivity index (χ3n) is 3.86. The molecule has 3 rings (SSSR count). The molecule has 3 aromatic rings. The van der Waals surface area contributed by atoms with E-state index in [2.05, 4.69) is 15.5 Å². The lowest BCUT2D eigenvalue weighted by atomic mass is 10.2. The molecular formula is C16H14Cl2N6O3. The van der Waals surface area contributed by atoms with Gasteiger partial charge in [-0.05, 0) is 19.1 Å². The molecule has 0 aliphatic carbocycles. The number of hydrogen-bond donors (Lipinski definition) is 1. The molecule has 27 heavy (non-hydrogen) atoms. The SMILES string of the molecule is Cc1c([N+](=O)[O-])cnn1CC(=O)Nc1ccn(Cc2c(Cl)cccc2Cl)n1. The first-order valence-corrected chi connectivity index (χ1v) is 8.53. The average Bonchev–Trinajstić information content (AvgIpc) is 3.18. The first-order valence-electron chi connectivity index (χ1n) is 7.78. The number of amides is 1. The zero-order chi connectivity index (χ0) is 19.6. The van der Waals surface area contributed by atoms with E-state index >= 15 is 0 Å². The van der Waals surface area contributed by atoms with E-state index in [9.17, 15) is 14.9 Å². The lowest BCUT2D eigenvalue weighted by molar-refractivity contribution is -0.385. The molecule has 2 aromatic heterocycles. The van der Waals surface area contributed by atoms with Crippen LogP contribution in [0.25, 0.3) is 0 Å². The normalized spacial score (nSPS) is 10.8. The molecule has 0 radical (unpaired) electrons. The maximum Gasteiger partial charge on any atom is 0.309 e. The number of nitrogens with one attached hydrogen (secondary N) is 1. The number of nitro groups is 1. The zero-order valence-corrected chi connectivity index (χ0v) is 15.6. The van der Waals surface area contributed by atoms with Gasteiger partial charge in [0.1, 0.15) is 18.4 Å². The van der Waals surface area contributed by atoms with Gasteiger partial charge in [0.25, 0.3) is 0 Å². The Hall–Kier alpha value is -2.91. The van der Waals surface area contributed by atoms with E-state index in [4.69, 9.17) is 23.2 Å². The van der Waals surface area contributed by atoms with Crippen molar-refractivity contribution in [3.8, 4) is 0 Å². The smallest absolute Gasteiger partial charge is 0.308 e. The molecular weight excluding hydrogens is 395 g/mol. The van der Waals surface area contributed by atoms with Gasteiger partial charge in [0, 0.05) is 27.9 Å². The van der Waals surface area contributed by atoms with Gasteiger partial charge in [0.05, 0.1) is 11.5 Å². The Labute approximate surface area is 163 Å². The lowest BCUT2D eigenvalue weighted by Crippen LogP contribution is -2.20. The zero-order valence-electron chi connectivity index (χ0n) is 14.1. The Balaban J connectivity index is 1.65. The van der Waals surface area contributed by atoms with Crippen molar-refractivity contribution in [1.82, 2.24) is 19.6 Å². The largest absolute Gasteiger partial charge is 0.309 e. The van der Waals surface area contributed by atoms with Crippen molar-refractivity contribution in [2.45, 2.75) is 20.0 Å². The predicted octanol–water partition coefficient (Wildman–Crippen LogP) is 3.29. The van der Waals surface area contributed by atoms with Crippen molar-refractivity contribution in [3.63, 3.8) is 0 Å². The van der Waals surface area contributed by atoms with E-state index in [1.165, 1.54) is 11.6 Å². The van der Waals surface area contributed by atoms with Crippen molar-refractivity contribution in [2.24, 2.45) is 0 Å². The van der Waals surface area contributed by atoms with Crippen LogP contribution >= 0.6 is 23.2 Å². The summed E-state index contributed by atoms with van der Waals surface area (Å²) in [5.74, 6) is -0.0698. The molecule has 0 spiro atoms. The molecule has 0 saturated carbocycles. The summed E-state index contributed by atoms with van der Waals surface area (Å²) >= 11 is 12.3. The minimum Gasteiger partial charge on any atom is -0.308 e. The van der Waals surface area contributed by atoms with Gasteiger partial charge in [0.2, 0.25) is 5.91 Å². The first kappa shape index (κ1) is 18.9. The molecule has 0 aliphatic heterocycles. The van der Waals surface area contributed by atoms with E-state index in [0.717, 1.165) is 11.8 Å². The third-order valence-corrected chi connectivity index (χ3v) is 4.57. The second-order valence-corrected chi connectivity index (χ2v) is 6.49. The number of halogens is 2. The second kappa shape index (κ2) is 7.77. The fourth-order valence-electron chi connectivity index (χ4n) is 2.46. The summed E-state index contributed by atoms with van der Waals surface area (Å²) < 4.78 is 2.85. The number of carbonyl (C=O) groups excluding carboxylic acids is 1. The van der Waals surface area contributed by atoms with Gasteiger partial charge in [0.15, 0.2) is 5.82 Å². The highest BCUT2D eigenvalue weighted by atomic mass is 35.5.